The van der Waals surface area contributed by atoms with Gasteiger partial charge in [0.2, 0.25) is 5.95 Å². The van der Waals surface area contributed by atoms with Gasteiger partial charge in [-0.25, -0.2) is 9.97 Å². The monoisotopic (exact) mass is 465 g/mol. The predicted molar refractivity (Wildman–Crippen MR) is 129 cm³/mol. The van der Waals surface area contributed by atoms with Gasteiger partial charge in [0.05, 0.1) is 26.8 Å². The zero-order valence-corrected chi connectivity index (χ0v) is 18.9. The number of carbonyl (C=O) groups excluding carboxylic acids is 1. The van der Waals surface area contributed by atoms with Crippen molar-refractivity contribution < 1.29 is 4.79 Å². The number of aromatic amines is 1. The lowest BCUT2D eigenvalue weighted by atomic mass is 9.91. The van der Waals surface area contributed by atoms with Gasteiger partial charge in [-0.15, -0.1) is 0 Å². The molecular formula is C24H21Cl2N5O. The van der Waals surface area contributed by atoms with Gasteiger partial charge in [-0.3, -0.25) is 4.79 Å². The summed E-state index contributed by atoms with van der Waals surface area (Å²) in [6.07, 6.45) is 4.47. The Morgan fingerprint density at radius 1 is 1.03 bits per heavy atom. The van der Waals surface area contributed by atoms with Crippen molar-refractivity contribution in [1.82, 2.24) is 15.0 Å². The van der Waals surface area contributed by atoms with E-state index >= 15 is 0 Å². The average Bonchev–Trinajstić information content (AvgIpc) is 3.18. The minimum atomic E-state index is -0.221. The van der Waals surface area contributed by atoms with Crippen molar-refractivity contribution in [2.75, 3.05) is 10.6 Å². The van der Waals surface area contributed by atoms with Gasteiger partial charge in [0, 0.05) is 11.3 Å². The maximum Gasteiger partial charge on any atom is 0.256 e. The first kappa shape index (κ1) is 20.8. The molecule has 1 aliphatic rings. The summed E-state index contributed by atoms with van der Waals surface area (Å²) < 4.78 is 0. The Bertz CT molecular complexity index is 1330. The highest BCUT2D eigenvalue weighted by Gasteiger charge is 2.16. The molecule has 32 heavy (non-hydrogen) atoms. The third-order valence-electron chi connectivity index (χ3n) is 5.74. The molecule has 1 aliphatic carbocycles. The fourth-order valence-corrected chi connectivity index (χ4v) is 4.63. The van der Waals surface area contributed by atoms with E-state index in [1.165, 1.54) is 24.0 Å². The average molecular weight is 466 g/mol. The molecule has 1 amide bonds. The molecule has 8 heteroatoms. The van der Waals surface area contributed by atoms with Gasteiger partial charge in [-0.2, -0.15) is 0 Å². The zero-order valence-electron chi connectivity index (χ0n) is 17.4. The van der Waals surface area contributed by atoms with E-state index in [-0.39, 0.29) is 5.91 Å². The molecule has 162 valence electrons. The number of imidazole rings is 1. The number of anilines is 3. The molecule has 0 bridgehead atoms. The van der Waals surface area contributed by atoms with Crippen LogP contribution in [0, 0.1) is 6.92 Å². The summed E-state index contributed by atoms with van der Waals surface area (Å²) in [6, 6.07) is 12.6. The lowest BCUT2D eigenvalue weighted by Gasteiger charge is -2.18. The Balaban J connectivity index is 1.38. The molecule has 5 rings (SSSR count). The molecule has 0 spiro atoms. The number of nitrogens with one attached hydrogen (secondary N) is 3. The van der Waals surface area contributed by atoms with Gasteiger partial charge >= 0.3 is 0 Å². The molecule has 2 heterocycles. The topological polar surface area (TPSA) is 82.7 Å². The lowest BCUT2D eigenvalue weighted by Crippen LogP contribution is -2.15. The molecule has 0 unspecified atom stereocenters. The van der Waals surface area contributed by atoms with Gasteiger partial charge in [0.1, 0.15) is 5.82 Å². The van der Waals surface area contributed by atoms with Crippen molar-refractivity contribution in [2.24, 2.45) is 0 Å². The Kier molecular flexibility index (Phi) is 5.49. The molecule has 0 saturated heterocycles. The van der Waals surface area contributed by atoms with Crippen LogP contribution in [0.3, 0.4) is 0 Å². The highest BCUT2D eigenvalue weighted by Crippen LogP contribution is 2.32. The van der Waals surface area contributed by atoms with E-state index in [9.17, 15) is 4.79 Å². The van der Waals surface area contributed by atoms with Crippen LogP contribution in [-0.2, 0) is 12.8 Å². The van der Waals surface area contributed by atoms with Crippen molar-refractivity contribution in [1.29, 1.82) is 0 Å². The zero-order chi connectivity index (χ0) is 22.2. The summed E-state index contributed by atoms with van der Waals surface area (Å²) >= 11 is 12.5. The SMILES string of the molecule is Cc1nc(NC(=O)c2ccc3[nH]c(Nc4c(Cl)cccc4Cl)nc3c2)cc2c1CCCC2. The van der Waals surface area contributed by atoms with Gasteiger partial charge in [-0.1, -0.05) is 29.3 Å². The second-order valence-corrected chi connectivity index (χ2v) is 8.75. The standard InChI is InChI=1S/C24H21Cl2N5O/c1-13-16-6-3-2-5-14(16)12-21(27-13)30-23(32)15-9-10-19-20(11-15)29-24(28-19)31-22-17(25)7-4-8-18(22)26/h4,7-12H,2-3,5-6H2,1H3,(H,27,30,32)(H2,28,29,31). The number of fused-ring (bicyclic) bond motifs is 2. The fourth-order valence-electron chi connectivity index (χ4n) is 4.14. The van der Waals surface area contributed by atoms with Crippen LogP contribution in [-0.4, -0.2) is 20.9 Å². The molecule has 2 aromatic heterocycles. The van der Waals surface area contributed by atoms with Crippen LogP contribution in [0.2, 0.25) is 10.0 Å². The molecule has 0 atom stereocenters. The van der Waals surface area contributed by atoms with E-state index in [0.29, 0.717) is 38.6 Å². The molecule has 0 fully saturated rings. The lowest BCUT2D eigenvalue weighted by molar-refractivity contribution is 0.102. The van der Waals surface area contributed by atoms with Gasteiger partial charge in [0.15, 0.2) is 0 Å². The number of benzene rings is 2. The Hall–Kier alpha value is -3.09. The van der Waals surface area contributed by atoms with Crippen molar-refractivity contribution in [2.45, 2.75) is 32.6 Å². The highest BCUT2D eigenvalue weighted by atomic mass is 35.5. The first-order valence-electron chi connectivity index (χ1n) is 10.5. The minimum Gasteiger partial charge on any atom is -0.324 e. The molecule has 0 saturated carbocycles. The van der Waals surface area contributed by atoms with Crippen LogP contribution >= 0.6 is 23.2 Å². The number of amides is 1. The van der Waals surface area contributed by atoms with Crippen molar-refractivity contribution in [3.8, 4) is 0 Å². The number of para-hydroxylation sites is 1. The van der Waals surface area contributed by atoms with E-state index in [1.807, 2.05) is 19.1 Å². The number of aryl methyl sites for hydroxylation is 2. The molecule has 3 N–H and O–H groups in total. The normalized spacial score (nSPS) is 13.1. The number of nitrogens with zero attached hydrogens (tertiary/aromatic N) is 2. The smallest absolute Gasteiger partial charge is 0.256 e. The largest absolute Gasteiger partial charge is 0.324 e. The van der Waals surface area contributed by atoms with E-state index < -0.39 is 0 Å². The molecule has 4 aromatic rings. The number of H-pyrrole nitrogens is 1. The van der Waals surface area contributed by atoms with Crippen LogP contribution in [0.4, 0.5) is 17.5 Å². The number of aromatic nitrogens is 3. The summed E-state index contributed by atoms with van der Waals surface area (Å²) in [7, 11) is 0. The van der Waals surface area contributed by atoms with Crippen LogP contribution < -0.4 is 10.6 Å². The van der Waals surface area contributed by atoms with E-state index in [2.05, 4.69) is 25.6 Å². The number of pyridine rings is 1. The number of hydrogen-bond acceptors (Lipinski definition) is 4. The fraction of sp³-hybridized carbons (Fsp3) is 0.208. The Morgan fingerprint density at radius 2 is 1.81 bits per heavy atom. The second-order valence-electron chi connectivity index (χ2n) is 7.93. The molecular weight excluding hydrogens is 445 g/mol. The quantitative estimate of drug-likeness (QED) is 0.323. The summed E-state index contributed by atoms with van der Waals surface area (Å²) in [5.41, 5.74) is 6.12. The summed E-state index contributed by atoms with van der Waals surface area (Å²) in [5.74, 6) is 0.853. The first-order valence-corrected chi connectivity index (χ1v) is 11.2. The number of rotatable bonds is 4. The molecule has 6 nitrogen and oxygen atoms in total. The highest BCUT2D eigenvalue weighted by molar-refractivity contribution is 6.39. The van der Waals surface area contributed by atoms with Gasteiger partial charge in [0.25, 0.3) is 5.91 Å². The summed E-state index contributed by atoms with van der Waals surface area (Å²) in [6.45, 7) is 2.01. The Morgan fingerprint density at radius 3 is 2.62 bits per heavy atom. The van der Waals surface area contributed by atoms with E-state index in [4.69, 9.17) is 23.2 Å². The molecule has 0 radical (unpaired) electrons. The van der Waals surface area contributed by atoms with E-state index in [1.54, 1.807) is 30.3 Å². The van der Waals surface area contributed by atoms with Gasteiger partial charge < -0.3 is 15.6 Å². The predicted octanol–water partition coefficient (Wildman–Crippen LogP) is 6.45. The van der Waals surface area contributed by atoms with Crippen molar-refractivity contribution in [3.05, 3.63) is 74.9 Å². The third-order valence-corrected chi connectivity index (χ3v) is 6.37. The summed E-state index contributed by atoms with van der Waals surface area (Å²) in [5, 5.41) is 7.03. The molecule has 2 aromatic carbocycles. The van der Waals surface area contributed by atoms with Crippen molar-refractivity contribution in [3.63, 3.8) is 0 Å². The second kappa shape index (κ2) is 8.45. The van der Waals surface area contributed by atoms with Crippen molar-refractivity contribution >= 4 is 57.6 Å². The maximum absolute atomic E-state index is 12.9. The maximum atomic E-state index is 12.9. The van der Waals surface area contributed by atoms with E-state index in [0.717, 1.165) is 24.1 Å². The molecule has 0 aliphatic heterocycles. The first-order chi connectivity index (χ1) is 15.5. The number of halogens is 2. The summed E-state index contributed by atoms with van der Waals surface area (Å²) in [4.78, 5) is 25.2. The van der Waals surface area contributed by atoms with Crippen LogP contribution in [0.1, 0.15) is 40.0 Å². The van der Waals surface area contributed by atoms with Crippen LogP contribution in [0.5, 0.6) is 0 Å². The number of hydrogen-bond donors (Lipinski definition) is 3. The van der Waals surface area contributed by atoms with Crippen LogP contribution in [0.15, 0.2) is 42.5 Å². The minimum absolute atomic E-state index is 0.221. The Labute approximate surface area is 195 Å². The van der Waals surface area contributed by atoms with Crippen LogP contribution in [0.25, 0.3) is 11.0 Å². The van der Waals surface area contributed by atoms with Gasteiger partial charge in [-0.05, 0) is 80.1 Å². The third kappa shape index (κ3) is 4.04. The number of carbonyl (C=O) groups is 1.